The molecular weight excluding hydrogens is 240 g/mol. The highest BCUT2D eigenvalue weighted by atomic mass is 16.5. The molecule has 106 valence electrons. The summed E-state index contributed by atoms with van der Waals surface area (Å²) >= 11 is 0. The second-order valence-electron chi connectivity index (χ2n) is 5.75. The van der Waals surface area contributed by atoms with Crippen LogP contribution in [0, 0.1) is 11.3 Å². The molecule has 4 heteroatoms. The summed E-state index contributed by atoms with van der Waals surface area (Å²) in [6, 6.07) is 7.15. The van der Waals surface area contributed by atoms with Gasteiger partial charge in [0.15, 0.2) is 6.61 Å². The number of rotatable bonds is 6. The Morgan fingerprint density at radius 3 is 2.58 bits per heavy atom. The Balaban J connectivity index is 2.39. The van der Waals surface area contributed by atoms with Crippen LogP contribution in [-0.4, -0.2) is 19.1 Å². The van der Waals surface area contributed by atoms with Gasteiger partial charge in [0.05, 0.1) is 5.69 Å². The van der Waals surface area contributed by atoms with Crippen molar-refractivity contribution in [3.05, 3.63) is 24.3 Å². The summed E-state index contributed by atoms with van der Waals surface area (Å²) in [5.74, 6) is 0.913. The van der Waals surface area contributed by atoms with E-state index >= 15 is 0 Å². The van der Waals surface area contributed by atoms with Gasteiger partial charge >= 0.3 is 0 Å². The zero-order chi connectivity index (χ0) is 14.5. The van der Waals surface area contributed by atoms with Gasteiger partial charge in [-0.2, -0.15) is 0 Å². The first kappa shape index (κ1) is 15.3. The molecule has 0 aliphatic carbocycles. The molecule has 1 aromatic rings. The molecule has 0 saturated heterocycles. The van der Waals surface area contributed by atoms with Gasteiger partial charge in [0, 0.05) is 6.54 Å². The highest BCUT2D eigenvalue weighted by molar-refractivity contribution is 5.77. The molecule has 0 saturated carbocycles. The number of amides is 1. The van der Waals surface area contributed by atoms with Gasteiger partial charge in [-0.25, -0.2) is 0 Å². The van der Waals surface area contributed by atoms with Crippen LogP contribution in [0.15, 0.2) is 24.3 Å². The Kier molecular flexibility index (Phi) is 5.21. The van der Waals surface area contributed by atoms with E-state index in [1.54, 1.807) is 12.1 Å². The molecule has 1 amide bonds. The van der Waals surface area contributed by atoms with Gasteiger partial charge in [0.25, 0.3) is 5.91 Å². The van der Waals surface area contributed by atoms with Gasteiger partial charge in [0.2, 0.25) is 0 Å². The summed E-state index contributed by atoms with van der Waals surface area (Å²) in [5.41, 5.74) is 6.34. The molecule has 0 aliphatic heterocycles. The van der Waals surface area contributed by atoms with Crippen molar-refractivity contribution in [3.8, 4) is 5.75 Å². The van der Waals surface area contributed by atoms with E-state index in [0.29, 0.717) is 23.9 Å². The zero-order valence-electron chi connectivity index (χ0n) is 12.2. The van der Waals surface area contributed by atoms with Crippen molar-refractivity contribution >= 4 is 11.6 Å². The van der Waals surface area contributed by atoms with Crippen molar-refractivity contribution in [1.82, 2.24) is 5.32 Å². The van der Waals surface area contributed by atoms with Crippen LogP contribution in [0.4, 0.5) is 5.69 Å². The average molecular weight is 264 g/mol. The maximum atomic E-state index is 11.7. The van der Waals surface area contributed by atoms with E-state index < -0.39 is 0 Å². The number of hydrogen-bond donors (Lipinski definition) is 2. The number of hydrogen-bond acceptors (Lipinski definition) is 3. The lowest BCUT2D eigenvalue weighted by Gasteiger charge is -2.29. The molecule has 0 heterocycles. The smallest absolute Gasteiger partial charge is 0.257 e. The predicted octanol–water partition coefficient (Wildman–Crippen LogP) is 2.45. The highest BCUT2D eigenvalue weighted by Gasteiger charge is 2.22. The van der Waals surface area contributed by atoms with Gasteiger partial charge in [-0.1, -0.05) is 39.8 Å². The summed E-state index contributed by atoms with van der Waals surface area (Å²) in [6.07, 6.45) is 0. The predicted molar refractivity (Wildman–Crippen MR) is 78.0 cm³/mol. The number of nitrogens with two attached hydrogens (primary N) is 1. The quantitative estimate of drug-likeness (QED) is 0.776. The van der Waals surface area contributed by atoms with Crippen molar-refractivity contribution in [1.29, 1.82) is 0 Å². The normalized spacial score (nSPS) is 11.4. The van der Waals surface area contributed by atoms with Crippen LogP contribution < -0.4 is 15.8 Å². The maximum absolute atomic E-state index is 11.7. The van der Waals surface area contributed by atoms with Crippen LogP contribution in [0.25, 0.3) is 0 Å². The van der Waals surface area contributed by atoms with Crippen molar-refractivity contribution in [2.45, 2.75) is 27.7 Å². The minimum atomic E-state index is -0.128. The largest absolute Gasteiger partial charge is 0.482 e. The molecule has 0 aromatic heterocycles. The van der Waals surface area contributed by atoms with E-state index in [9.17, 15) is 4.79 Å². The first-order valence-corrected chi connectivity index (χ1v) is 6.57. The highest BCUT2D eigenvalue weighted by Crippen LogP contribution is 2.24. The Hall–Kier alpha value is -1.71. The first-order valence-electron chi connectivity index (χ1n) is 6.57. The molecule has 0 spiro atoms. The summed E-state index contributed by atoms with van der Waals surface area (Å²) < 4.78 is 5.39. The van der Waals surface area contributed by atoms with E-state index in [0.717, 1.165) is 0 Å². The molecular formula is C15H24N2O2. The van der Waals surface area contributed by atoms with Crippen molar-refractivity contribution in [2.24, 2.45) is 11.3 Å². The SMILES string of the molecule is CC(C)C(C)(C)CNC(=O)COc1ccccc1N. The molecule has 3 N–H and O–H groups in total. The summed E-state index contributed by atoms with van der Waals surface area (Å²) in [7, 11) is 0. The van der Waals surface area contributed by atoms with Gasteiger partial charge < -0.3 is 15.8 Å². The topological polar surface area (TPSA) is 64.3 Å². The monoisotopic (exact) mass is 264 g/mol. The maximum Gasteiger partial charge on any atom is 0.257 e. The Bertz CT molecular complexity index is 428. The van der Waals surface area contributed by atoms with Crippen LogP contribution in [0.1, 0.15) is 27.7 Å². The van der Waals surface area contributed by atoms with Gasteiger partial charge in [-0.05, 0) is 23.5 Å². The fraction of sp³-hybridized carbons (Fsp3) is 0.533. The fourth-order valence-electron chi connectivity index (χ4n) is 1.34. The molecule has 4 nitrogen and oxygen atoms in total. The van der Waals surface area contributed by atoms with Crippen LogP contribution in [0.5, 0.6) is 5.75 Å². The summed E-state index contributed by atoms with van der Waals surface area (Å²) in [6.45, 7) is 9.18. The van der Waals surface area contributed by atoms with Gasteiger partial charge in [0.1, 0.15) is 5.75 Å². The van der Waals surface area contributed by atoms with Gasteiger partial charge in [-0.15, -0.1) is 0 Å². The van der Waals surface area contributed by atoms with Crippen LogP contribution in [-0.2, 0) is 4.79 Å². The number of para-hydroxylation sites is 2. The van der Waals surface area contributed by atoms with Crippen molar-refractivity contribution < 1.29 is 9.53 Å². The minimum absolute atomic E-state index is 0.0115. The lowest BCUT2D eigenvalue weighted by atomic mass is 9.81. The lowest BCUT2D eigenvalue weighted by Crippen LogP contribution is -2.39. The number of nitrogen functional groups attached to an aromatic ring is 1. The minimum Gasteiger partial charge on any atom is -0.482 e. The number of carbonyl (C=O) groups excluding carboxylic acids is 1. The molecule has 0 fully saturated rings. The number of ether oxygens (including phenoxy) is 1. The fourth-order valence-corrected chi connectivity index (χ4v) is 1.34. The third kappa shape index (κ3) is 4.81. The third-order valence-corrected chi connectivity index (χ3v) is 3.58. The van der Waals surface area contributed by atoms with E-state index in [1.807, 2.05) is 12.1 Å². The standard InChI is InChI=1S/C15H24N2O2/c1-11(2)15(3,4)10-17-14(18)9-19-13-8-6-5-7-12(13)16/h5-8,11H,9-10,16H2,1-4H3,(H,17,18). The van der Waals surface area contributed by atoms with Crippen LogP contribution in [0.2, 0.25) is 0 Å². The molecule has 1 rings (SSSR count). The molecule has 0 radical (unpaired) electrons. The van der Waals surface area contributed by atoms with Crippen molar-refractivity contribution in [3.63, 3.8) is 0 Å². The third-order valence-electron chi connectivity index (χ3n) is 3.58. The molecule has 0 unspecified atom stereocenters. The van der Waals surface area contributed by atoms with E-state index in [2.05, 4.69) is 33.0 Å². The second kappa shape index (κ2) is 6.45. The Morgan fingerprint density at radius 1 is 1.37 bits per heavy atom. The average Bonchev–Trinajstić information content (AvgIpc) is 2.35. The first-order chi connectivity index (χ1) is 8.83. The van der Waals surface area contributed by atoms with Crippen molar-refractivity contribution in [2.75, 3.05) is 18.9 Å². The Morgan fingerprint density at radius 2 is 2.00 bits per heavy atom. The number of anilines is 1. The van der Waals surface area contributed by atoms with Crippen LogP contribution in [0.3, 0.4) is 0 Å². The molecule has 0 aliphatic rings. The van der Waals surface area contributed by atoms with E-state index in [1.165, 1.54) is 0 Å². The molecule has 0 bridgehead atoms. The Labute approximate surface area is 115 Å². The van der Waals surface area contributed by atoms with Gasteiger partial charge in [-0.3, -0.25) is 4.79 Å². The summed E-state index contributed by atoms with van der Waals surface area (Å²) in [4.78, 5) is 11.7. The number of carbonyl (C=O) groups is 1. The zero-order valence-corrected chi connectivity index (χ0v) is 12.2. The van der Waals surface area contributed by atoms with E-state index in [-0.39, 0.29) is 17.9 Å². The lowest BCUT2D eigenvalue weighted by molar-refractivity contribution is -0.123. The number of benzene rings is 1. The second-order valence-corrected chi connectivity index (χ2v) is 5.75. The molecule has 19 heavy (non-hydrogen) atoms. The molecule has 0 atom stereocenters. The summed E-state index contributed by atoms with van der Waals surface area (Å²) in [5, 5.41) is 2.89. The van der Waals surface area contributed by atoms with E-state index in [4.69, 9.17) is 10.5 Å². The van der Waals surface area contributed by atoms with Crippen LogP contribution >= 0.6 is 0 Å². The number of nitrogens with one attached hydrogen (secondary N) is 1. The molecule has 1 aromatic carbocycles.